The first-order valence-corrected chi connectivity index (χ1v) is 27.2. The third kappa shape index (κ3) is 23.7. The molecule has 28 heteroatoms. The van der Waals surface area contributed by atoms with Gasteiger partial charge in [-0.05, 0) is 123 Å². The van der Waals surface area contributed by atoms with E-state index in [0.29, 0.717) is 73.2 Å². The lowest BCUT2D eigenvalue weighted by molar-refractivity contribution is 0.607. The van der Waals surface area contributed by atoms with Crippen molar-refractivity contribution in [1.82, 2.24) is 38.5 Å². The zero-order chi connectivity index (χ0) is 66.5. The first-order valence-electron chi connectivity index (χ1n) is 26.4. The highest BCUT2D eigenvalue weighted by molar-refractivity contribution is 9.10. The Balaban J connectivity index is -0.000000210. The van der Waals surface area contributed by atoms with E-state index < -0.39 is 0 Å². The number of aromatic nitrogens is 8. The summed E-state index contributed by atoms with van der Waals surface area (Å²) >= 11 is 3.31. The van der Waals surface area contributed by atoms with Gasteiger partial charge in [0.15, 0.2) is 0 Å². The Morgan fingerprint density at radius 3 is 0.814 bits per heavy atom. The molecule has 0 saturated carbocycles. The molecule has 0 unspecified atom stereocenters. The molecule has 12 aromatic rings. The van der Waals surface area contributed by atoms with Gasteiger partial charge in [-0.1, -0.05) is 141 Å². The van der Waals surface area contributed by atoms with E-state index in [9.17, 15) is 15.8 Å². The van der Waals surface area contributed by atoms with Crippen molar-refractivity contribution < 1.29 is 22.9 Å². The second kappa shape index (κ2) is 46.9. The number of halogens is 1. The van der Waals surface area contributed by atoms with Gasteiger partial charge in [0, 0.05) is 36.8 Å². The number of hydrazine groups is 1. The molecule has 0 spiro atoms. The molecule has 8 radical (unpaired) electrons. The van der Waals surface area contributed by atoms with Gasteiger partial charge in [0.05, 0.1) is 93.9 Å². The molecule has 14 N–H and O–H groups in total. The third-order valence-electron chi connectivity index (χ3n) is 12.4. The molecule has 0 bridgehead atoms. The second-order valence-electron chi connectivity index (χ2n) is 17.9. The van der Waals surface area contributed by atoms with Gasteiger partial charge in [0.25, 0.3) is 0 Å². The molecule has 97 heavy (non-hydrogen) atoms. The normalized spacial score (nSPS) is 8.87. The summed E-state index contributed by atoms with van der Waals surface area (Å²) in [5.41, 5.74) is 40.2. The Bertz CT molecular complexity index is 4090. The summed E-state index contributed by atoms with van der Waals surface area (Å²) in [6.45, 7) is 6.22. The van der Waals surface area contributed by atoms with E-state index in [2.05, 4.69) is 126 Å². The summed E-state index contributed by atoms with van der Waals surface area (Å²) in [7, 11) is 25.2. The summed E-state index contributed by atoms with van der Waals surface area (Å²) in [6, 6.07) is 46.7. The number of nitrogens with zero attached hydrogens (tertiary/aromatic N) is 12. The molecule has 8 heterocycles. The molecule has 0 fully saturated rings. The van der Waals surface area contributed by atoms with Crippen molar-refractivity contribution in [2.24, 2.45) is 28.9 Å². The van der Waals surface area contributed by atoms with E-state index in [0.717, 1.165) is 43.4 Å². The van der Waals surface area contributed by atoms with E-state index >= 15 is 0 Å². The smallest absolute Gasteiger partial charge is 0.374 e. The number of hydrogen-bond acceptors (Lipinski definition) is 19. The minimum Gasteiger partial charge on any atom is -0.567 e. The van der Waals surface area contributed by atoms with Crippen molar-refractivity contribution in [2.45, 2.75) is 72.8 Å². The van der Waals surface area contributed by atoms with Crippen molar-refractivity contribution in [3.8, 4) is 80.7 Å². The van der Waals surface area contributed by atoms with E-state index in [-0.39, 0.29) is 56.3 Å². The lowest BCUT2D eigenvalue weighted by Gasteiger charge is -2.09. The molecule has 0 amide bonds. The van der Waals surface area contributed by atoms with Crippen LogP contribution in [0.15, 0.2) is 175 Å². The summed E-state index contributed by atoms with van der Waals surface area (Å²) in [5.74, 6) is 9.87. The van der Waals surface area contributed by atoms with Crippen LogP contribution in [0, 0.1) is 66.1 Å². The van der Waals surface area contributed by atoms with E-state index in [1.54, 1.807) is 80.8 Å². The van der Waals surface area contributed by atoms with E-state index in [1.807, 2.05) is 67.6 Å². The molecular weight excluding hydrogens is 1280 g/mol. The topological polar surface area (TPSA) is 383 Å². The second-order valence-corrected chi connectivity index (χ2v) is 18.7. The van der Waals surface area contributed by atoms with E-state index in [4.69, 9.17) is 62.9 Å². The summed E-state index contributed by atoms with van der Waals surface area (Å²) in [6.07, 6.45) is 12.5. The summed E-state index contributed by atoms with van der Waals surface area (Å²) in [4.78, 5) is 0. The van der Waals surface area contributed by atoms with Gasteiger partial charge < -0.3 is 47.3 Å². The molecule has 12 rings (SSSR count). The largest absolute Gasteiger partial charge is 0.567 e. The predicted molar refractivity (Wildman–Crippen MR) is 411 cm³/mol. The minimum absolute atomic E-state index is 0. The fraction of sp³-hybridized carbons (Fsp3) is 0.188. The number of anilines is 2. The molecule has 0 aliphatic carbocycles. The fourth-order valence-electron chi connectivity index (χ4n) is 8.28. The Hall–Kier alpha value is -11.1. The van der Waals surface area contributed by atoms with Crippen LogP contribution in [0.3, 0.4) is 0 Å². The number of pyridine rings is 4. The number of aryl methyl sites for hydroxylation is 3. The maximum atomic E-state index is 9.21. The molecular formula is C69H94B4BrN19O4. The number of nitrogen functional groups attached to an aromatic ring is 2. The summed E-state index contributed by atoms with van der Waals surface area (Å²) in [5, 5.41) is 52.8. The molecule has 0 atom stereocenters. The quantitative estimate of drug-likeness (QED) is 0.0337. The van der Waals surface area contributed by atoms with Crippen molar-refractivity contribution in [3.05, 3.63) is 214 Å². The first kappa shape index (κ1) is 92.3. The van der Waals surface area contributed by atoms with Crippen LogP contribution < -0.4 is 59.0 Å². The van der Waals surface area contributed by atoms with Gasteiger partial charge in [-0.15, -0.1) is 0 Å². The Labute approximate surface area is 590 Å². The van der Waals surface area contributed by atoms with Crippen molar-refractivity contribution >= 4 is 81.6 Å². The number of rotatable bonds is 7. The standard InChI is InChI=1S/C15H10BN3O.2C14H9BN4O.C8H3BBrN3O.C8H10.3CH5N.7CH4.H4N2.3H2/c1-10-2-4-11(5-3-10)14-6-13(20-16)9-19-15(14)12(7-17)8-18-19;2*15-20-12-5-13(9-1-3-11(17)4-2-9)14-10(6-16)7-18-19(14)8-12;9-14-6-1-7(10)8-5(2-11)3-12-13(8)4-6;1-7-3-5-8(2)6-4-7;3*1-2;;;;;;;;1-2;;;/h2-6,8-9H,1H3;2*1-5,7-8H,17H2;1,3-4H;3-6H,1-2H3;3*2H2,1H3;7*1H4;1-2H2;3*1H/i;;;;;;;;;;;;;;;;3*1+1. The summed E-state index contributed by atoms with van der Waals surface area (Å²) < 4.78 is 26.0. The first-order chi connectivity index (χ1) is 43.7. The molecule has 4 aromatic carbocycles. The zero-order valence-corrected chi connectivity index (χ0v) is 51.5. The Kier molecular flexibility index (Phi) is 44.7. The highest BCUT2D eigenvalue weighted by atomic mass is 79.9. The van der Waals surface area contributed by atoms with E-state index in [1.165, 1.54) is 67.1 Å². The molecule has 0 aliphatic rings. The maximum Gasteiger partial charge on any atom is 0.374 e. The molecule has 508 valence electrons. The van der Waals surface area contributed by atoms with Crippen LogP contribution in [0.5, 0.6) is 23.0 Å². The van der Waals surface area contributed by atoms with Gasteiger partial charge in [0.1, 0.15) is 47.3 Å². The monoisotopic (exact) mass is 1380 g/mol. The third-order valence-corrected chi connectivity index (χ3v) is 13.0. The molecule has 23 nitrogen and oxygen atoms in total. The van der Waals surface area contributed by atoms with Gasteiger partial charge >= 0.3 is 32.2 Å². The van der Waals surface area contributed by atoms with Crippen LogP contribution in [-0.2, 0) is 0 Å². The Morgan fingerprint density at radius 1 is 0.371 bits per heavy atom. The van der Waals surface area contributed by atoms with Gasteiger partial charge in [-0.3, -0.25) is 11.7 Å². The number of nitrogens with two attached hydrogens (primary N) is 7. The lowest BCUT2D eigenvalue weighted by Crippen LogP contribution is -2.02. The van der Waals surface area contributed by atoms with Crippen LogP contribution in [0.25, 0.3) is 55.4 Å². The van der Waals surface area contributed by atoms with Crippen molar-refractivity contribution in [1.29, 1.82) is 21.0 Å². The SMILES string of the molecule is C.C.C.C.C.C.C.CN.CN.CN.Cc1ccc(C)cc1.NN.[2HH].[2HH].[2HH].[B]Oc1cc(-c2ccc(C)cc2)c2c(C#N)cnn2c1.[B]Oc1cc(-c2ccc(N)cc2)c2c(C#N)cnn2c1.[B]Oc1cc(-c2ccc(N)cc2)c2c(C#N)cnn2c1.[B]Oc1cc(Br)c2c(C#N)cnn2c1. The number of nitriles is 4. The predicted octanol–water partition coefficient (Wildman–Crippen LogP) is 12.9. The highest BCUT2D eigenvalue weighted by Gasteiger charge is 2.16. The number of benzene rings is 4. The van der Waals surface area contributed by atoms with Crippen LogP contribution >= 0.6 is 15.9 Å². The zero-order valence-electron chi connectivity index (χ0n) is 49.9. The van der Waals surface area contributed by atoms with Crippen LogP contribution in [-0.4, -0.2) is 91.8 Å². The lowest BCUT2D eigenvalue weighted by atomic mass is 10.0. The maximum absolute atomic E-state index is 9.21. The number of hydrogen-bond donors (Lipinski definition) is 7. The minimum atomic E-state index is 0. The average molecular weight is 1380 g/mol. The Morgan fingerprint density at radius 2 is 0.577 bits per heavy atom. The van der Waals surface area contributed by atoms with Gasteiger partial charge in [-0.2, -0.15) is 41.4 Å². The molecule has 0 saturated heterocycles. The van der Waals surface area contributed by atoms with Crippen molar-refractivity contribution in [2.75, 3.05) is 32.6 Å². The molecule has 8 aromatic heterocycles. The number of fused-ring (bicyclic) bond motifs is 4. The fourth-order valence-corrected chi connectivity index (χ4v) is 8.90. The average Bonchev–Trinajstić information content (AvgIpc) is 1.59. The molecule has 0 aliphatic heterocycles. The van der Waals surface area contributed by atoms with Crippen molar-refractivity contribution in [3.63, 3.8) is 0 Å². The van der Waals surface area contributed by atoms with Gasteiger partial charge in [0.2, 0.25) is 0 Å². The van der Waals surface area contributed by atoms with Gasteiger partial charge in [-0.25, -0.2) is 18.1 Å². The van der Waals surface area contributed by atoms with Crippen LogP contribution in [0.1, 0.15) is 95.2 Å². The van der Waals surface area contributed by atoms with Crippen LogP contribution in [0.4, 0.5) is 11.4 Å². The van der Waals surface area contributed by atoms with Crippen LogP contribution in [0.2, 0.25) is 0 Å². The highest BCUT2D eigenvalue weighted by Crippen LogP contribution is 2.34.